The highest BCUT2D eigenvalue weighted by atomic mass is 16.5. The van der Waals surface area contributed by atoms with Gasteiger partial charge in [-0.2, -0.15) is 0 Å². The zero-order valence-electron chi connectivity index (χ0n) is 17.4. The molecule has 2 fully saturated rings. The van der Waals surface area contributed by atoms with Crippen LogP contribution in [0.15, 0.2) is 30.5 Å². The maximum atomic E-state index is 12.9. The molecule has 0 atom stereocenters. The number of methoxy groups -OCH3 is 1. The van der Waals surface area contributed by atoms with E-state index in [0.717, 1.165) is 36.5 Å². The van der Waals surface area contributed by atoms with Gasteiger partial charge in [0, 0.05) is 31.4 Å². The van der Waals surface area contributed by atoms with Gasteiger partial charge in [0.15, 0.2) is 5.82 Å². The Kier molecular flexibility index (Phi) is 5.97. The van der Waals surface area contributed by atoms with E-state index in [1.807, 2.05) is 24.3 Å². The molecule has 0 unspecified atom stereocenters. The van der Waals surface area contributed by atoms with Gasteiger partial charge < -0.3 is 15.0 Å². The highest BCUT2D eigenvalue weighted by Gasteiger charge is 2.26. The summed E-state index contributed by atoms with van der Waals surface area (Å²) in [5.41, 5.74) is 1.48. The van der Waals surface area contributed by atoms with Crippen LogP contribution in [0, 0.1) is 5.92 Å². The van der Waals surface area contributed by atoms with E-state index in [1.165, 1.54) is 32.1 Å². The van der Waals surface area contributed by atoms with Crippen molar-refractivity contribution in [2.24, 2.45) is 5.92 Å². The molecule has 6 nitrogen and oxygen atoms in total. The van der Waals surface area contributed by atoms with Crippen LogP contribution in [0.1, 0.15) is 55.3 Å². The number of hydrogen-bond donors (Lipinski definition) is 1. The van der Waals surface area contributed by atoms with Crippen LogP contribution in [0.2, 0.25) is 0 Å². The average Bonchev–Trinajstić information content (AvgIpc) is 3.62. The zero-order chi connectivity index (χ0) is 20.2. The van der Waals surface area contributed by atoms with Crippen LogP contribution in [0.5, 0.6) is 5.75 Å². The van der Waals surface area contributed by atoms with E-state index in [4.69, 9.17) is 9.72 Å². The molecule has 2 saturated carbocycles. The Morgan fingerprint density at radius 2 is 1.86 bits per heavy atom. The molecule has 4 rings (SSSR count). The molecule has 0 saturated heterocycles. The Balaban J connectivity index is 1.64. The number of carbonyl (C=O) groups excluding carboxylic acids is 1. The maximum absolute atomic E-state index is 12.9. The zero-order valence-corrected chi connectivity index (χ0v) is 17.4. The van der Waals surface area contributed by atoms with Crippen LogP contribution in [-0.4, -0.2) is 42.6 Å². The minimum atomic E-state index is -0.0733. The topological polar surface area (TPSA) is 67.3 Å². The van der Waals surface area contributed by atoms with E-state index in [-0.39, 0.29) is 5.91 Å². The second kappa shape index (κ2) is 8.80. The number of nitrogens with zero attached hydrogens (tertiary/aromatic N) is 3. The van der Waals surface area contributed by atoms with Crippen molar-refractivity contribution in [2.45, 2.75) is 51.0 Å². The predicted octanol–water partition coefficient (Wildman–Crippen LogP) is 4.06. The fourth-order valence-corrected chi connectivity index (χ4v) is 3.98. The minimum Gasteiger partial charge on any atom is -0.497 e. The molecule has 2 aliphatic carbocycles. The van der Waals surface area contributed by atoms with Crippen LogP contribution < -0.4 is 15.0 Å². The smallest absolute Gasteiger partial charge is 0.256 e. The Morgan fingerprint density at radius 1 is 1.14 bits per heavy atom. The number of carbonyl (C=O) groups is 1. The Morgan fingerprint density at radius 3 is 2.52 bits per heavy atom. The number of nitrogens with one attached hydrogen (secondary N) is 1. The fourth-order valence-electron chi connectivity index (χ4n) is 3.98. The molecule has 1 aromatic heterocycles. The van der Waals surface area contributed by atoms with Crippen molar-refractivity contribution in [1.82, 2.24) is 15.3 Å². The molecule has 2 aliphatic rings. The summed E-state index contributed by atoms with van der Waals surface area (Å²) >= 11 is 0. The number of aromatic nitrogens is 2. The van der Waals surface area contributed by atoms with E-state index < -0.39 is 0 Å². The van der Waals surface area contributed by atoms with Crippen LogP contribution in [0.3, 0.4) is 0 Å². The summed E-state index contributed by atoms with van der Waals surface area (Å²) < 4.78 is 5.25. The summed E-state index contributed by atoms with van der Waals surface area (Å²) in [6.07, 6.45) is 10.1. The number of anilines is 1. The molecule has 1 amide bonds. The van der Waals surface area contributed by atoms with E-state index in [9.17, 15) is 4.79 Å². The van der Waals surface area contributed by atoms with E-state index >= 15 is 0 Å². The summed E-state index contributed by atoms with van der Waals surface area (Å²) in [5.74, 6) is 2.72. The molecular weight excluding hydrogens is 364 g/mol. The quantitative estimate of drug-likeness (QED) is 0.767. The number of benzene rings is 1. The van der Waals surface area contributed by atoms with Crippen molar-refractivity contribution in [3.05, 3.63) is 36.0 Å². The second-order valence-electron chi connectivity index (χ2n) is 8.22. The molecule has 1 heterocycles. The van der Waals surface area contributed by atoms with Crippen molar-refractivity contribution in [3.8, 4) is 17.1 Å². The lowest BCUT2D eigenvalue weighted by atomic mass is 9.94. The molecular formula is C23H30N4O2. The first-order valence-electron chi connectivity index (χ1n) is 10.7. The van der Waals surface area contributed by atoms with Gasteiger partial charge in [-0.3, -0.25) is 4.79 Å². The summed E-state index contributed by atoms with van der Waals surface area (Å²) in [6.45, 7) is 0.742. The first-order chi connectivity index (χ1) is 14.2. The lowest BCUT2D eigenvalue weighted by Gasteiger charge is -2.33. The van der Waals surface area contributed by atoms with Gasteiger partial charge in [0.1, 0.15) is 17.1 Å². The Bertz CT molecular complexity index is 842. The first-order valence-corrected chi connectivity index (χ1v) is 10.7. The summed E-state index contributed by atoms with van der Waals surface area (Å²) in [5, 5.41) is 3.07. The molecule has 1 N–H and O–H groups in total. The lowest BCUT2D eigenvalue weighted by molar-refractivity contribution is 0.0951. The molecule has 0 aliphatic heterocycles. The van der Waals surface area contributed by atoms with E-state index in [2.05, 4.69) is 22.2 Å². The third-order valence-corrected chi connectivity index (χ3v) is 6.07. The highest BCUT2D eigenvalue weighted by molar-refractivity contribution is 5.99. The minimum absolute atomic E-state index is 0.0733. The fraction of sp³-hybridized carbons (Fsp3) is 0.522. The Hall–Kier alpha value is -2.63. The molecule has 1 aromatic carbocycles. The normalized spacial score (nSPS) is 17.0. The molecule has 0 bridgehead atoms. The van der Waals surface area contributed by atoms with Gasteiger partial charge in [0.25, 0.3) is 5.91 Å². The lowest BCUT2D eigenvalue weighted by Crippen LogP contribution is -2.36. The predicted molar refractivity (Wildman–Crippen MR) is 114 cm³/mol. The van der Waals surface area contributed by atoms with Gasteiger partial charge in [0.2, 0.25) is 0 Å². The number of hydrogen-bond acceptors (Lipinski definition) is 5. The molecule has 0 radical (unpaired) electrons. The van der Waals surface area contributed by atoms with Gasteiger partial charge in [-0.25, -0.2) is 9.97 Å². The monoisotopic (exact) mass is 394 g/mol. The third-order valence-electron chi connectivity index (χ3n) is 6.07. The SMILES string of the molecule is COc1ccc(-c2ncc(C(=O)NCC3CC3)c(N(C)C3CCCCC3)n2)cc1. The van der Waals surface area contributed by atoms with Crippen LogP contribution in [0.25, 0.3) is 11.4 Å². The maximum Gasteiger partial charge on any atom is 0.256 e. The molecule has 6 heteroatoms. The van der Waals surface area contributed by atoms with Gasteiger partial charge in [-0.05, 0) is 55.9 Å². The van der Waals surface area contributed by atoms with Crippen LogP contribution in [0.4, 0.5) is 5.82 Å². The number of ether oxygens (including phenoxy) is 1. The first kappa shape index (κ1) is 19.7. The summed E-state index contributed by atoms with van der Waals surface area (Å²) in [4.78, 5) is 24.4. The average molecular weight is 395 g/mol. The second-order valence-corrected chi connectivity index (χ2v) is 8.22. The molecule has 2 aromatic rings. The van der Waals surface area contributed by atoms with Crippen molar-refractivity contribution in [3.63, 3.8) is 0 Å². The van der Waals surface area contributed by atoms with Gasteiger partial charge in [-0.15, -0.1) is 0 Å². The highest BCUT2D eigenvalue weighted by Crippen LogP contribution is 2.30. The third kappa shape index (κ3) is 4.69. The van der Waals surface area contributed by atoms with Gasteiger partial charge in [-0.1, -0.05) is 19.3 Å². The van der Waals surface area contributed by atoms with E-state index in [0.29, 0.717) is 23.3 Å². The van der Waals surface area contributed by atoms with Gasteiger partial charge in [0.05, 0.1) is 7.11 Å². The van der Waals surface area contributed by atoms with Crippen LogP contribution >= 0.6 is 0 Å². The molecule has 0 spiro atoms. The molecule has 154 valence electrons. The van der Waals surface area contributed by atoms with E-state index in [1.54, 1.807) is 13.3 Å². The largest absolute Gasteiger partial charge is 0.497 e. The number of amides is 1. The van der Waals surface area contributed by atoms with Crippen LogP contribution in [-0.2, 0) is 0 Å². The number of rotatable bonds is 7. The van der Waals surface area contributed by atoms with Crippen molar-refractivity contribution >= 4 is 11.7 Å². The summed E-state index contributed by atoms with van der Waals surface area (Å²) in [7, 11) is 3.71. The van der Waals surface area contributed by atoms with Gasteiger partial charge >= 0.3 is 0 Å². The Labute approximate surface area is 172 Å². The van der Waals surface area contributed by atoms with Crippen molar-refractivity contribution in [1.29, 1.82) is 0 Å². The standard InChI is InChI=1S/C23H30N4O2/c1-27(18-6-4-3-5-7-18)22-20(23(28)25-14-16-8-9-16)15-24-21(26-22)17-10-12-19(29-2)13-11-17/h10-13,15-16,18H,3-9,14H2,1-2H3,(H,25,28). The molecule has 29 heavy (non-hydrogen) atoms. The van der Waals surface area contributed by atoms with Crippen molar-refractivity contribution < 1.29 is 9.53 Å². The van der Waals surface area contributed by atoms with Crippen molar-refractivity contribution in [2.75, 3.05) is 25.6 Å². The summed E-state index contributed by atoms with van der Waals surface area (Å²) in [6, 6.07) is 8.12.